The summed E-state index contributed by atoms with van der Waals surface area (Å²) >= 11 is 0. The zero-order chi connectivity index (χ0) is 25.7. The molecule has 1 fully saturated rings. The minimum absolute atomic E-state index is 0.0449. The summed E-state index contributed by atoms with van der Waals surface area (Å²) in [7, 11) is 5.31. The van der Waals surface area contributed by atoms with Crippen molar-refractivity contribution in [1.29, 1.82) is 0 Å². The smallest absolute Gasteiger partial charge is 0.303 e. The van der Waals surface area contributed by atoms with Crippen LogP contribution in [0.15, 0.2) is 0 Å². The van der Waals surface area contributed by atoms with E-state index in [2.05, 4.69) is 5.32 Å². The van der Waals surface area contributed by atoms with E-state index in [0.29, 0.717) is 32.6 Å². The molecule has 35 heavy (non-hydrogen) atoms. The van der Waals surface area contributed by atoms with Crippen LogP contribution in [0.3, 0.4) is 0 Å². The lowest BCUT2D eigenvalue weighted by Gasteiger charge is -2.22. The molecule has 0 aromatic carbocycles. The van der Waals surface area contributed by atoms with Crippen molar-refractivity contribution in [3.05, 3.63) is 0 Å². The van der Waals surface area contributed by atoms with Crippen molar-refractivity contribution < 1.29 is 33.6 Å². The van der Waals surface area contributed by atoms with E-state index >= 15 is 0 Å². The molecule has 0 saturated carbocycles. The van der Waals surface area contributed by atoms with Crippen molar-refractivity contribution in [1.82, 2.24) is 5.32 Å². The number of carbonyl (C=O) groups is 2. The van der Waals surface area contributed by atoms with Crippen molar-refractivity contribution >= 4 is 19.7 Å². The van der Waals surface area contributed by atoms with Crippen LogP contribution in [0.2, 0.25) is 0 Å². The first kappa shape index (κ1) is 31.9. The van der Waals surface area contributed by atoms with Crippen molar-refractivity contribution in [3.8, 4) is 0 Å². The van der Waals surface area contributed by atoms with Gasteiger partial charge in [0.25, 0.3) is 0 Å². The molecular weight excluding hydrogens is 449 g/mol. The Hall–Kier alpha value is -1.16. The van der Waals surface area contributed by atoms with Crippen molar-refractivity contribution in [2.75, 3.05) is 34.0 Å². The lowest BCUT2D eigenvalue weighted by Crippen LogP contribution is -2.39. The monoisotopic (exact) mass is 499 g/mol. The van der Waals surface area contributed by atoms with Gasteiger partial charge in [0.1, 0.15) is 26.2 Å². The molecule has 1 saturated heterocycles. The third-order valence-electron chi connectivity index (χ3n) is 6.64. The molecule has 0 aliphatic carbocycles. The number of ether oxygens (including phenoxy) is 4. The number of hydrogen-bond donors (Lipinski definition) is 2. The summed E-state index contributed by atoms with van der Waals surface area (Å²) in [6.07, 6.45) is 15.1. The highest BCUT2D eigenvalue weighted by Gasteiger charge is 2.43. The van der Waals surface area contributed by atoms with Crippen molar-refractivity contribution in [2.45, 2.75) is 121 Å². The maximum absolute atomic E-state index is 12.0. The molecule has 9 heteroatoms. The fourth-order valence-corrected chi connectivity index (χ4v) is 4.66. The third kappa shape index (κ3) is 15.5. The fraction of sp³-hybridized carbons (Fsp3) is 0.923. The fourth-order valence-electron chi connectivity index (χ4n) is 4.66. The van der Waals surface area contributed by atoms with E-state index in [0.717, 1.165) is 38.5 Å². The van der Waals surface area contributed by atoms with E-state index in [1.54, 1.807) is 14.2 Å². The van der Waals surface area contributed by atoms with E-state index < -0.39 is 5.97 Å². The molecule has 1 aliphatic rings. The van der Waals surface area contributed by atoms with E-state index in [-0.39, 0.29) is 30.2 Å². The lowest BCUT2D eigenvalue weighted by molar-refractivity contribution is -0.137. The van der Waals surface area contributed by atoms with Gasteiger partial charge in [-0.15, -0.1) is 0 Å². The Labute approximate surface area is 213 Å². The standard InChI is InChI=1S/C26H50BNO7/c1-32-20-21-24(33-2)25(26(27)35-21)34-19-15-18-28-22(29)16-13-11-9-7-5-3-4-6-8-10-12-14-17-23(30)31/h21,24-26H,3-20,27H2,1-2H3,(H,28,29)(H,30,31)/t21-,24?,25+,26-/m1/s1. The zero-order valence-electron chi connectivity index (χ0n) is 22.4. The number of nitrogens with one attached hydrogen (secondary N) is 1. The van der Waals surface area contributed by atoms with Crippen LogP contribution in [0.25, 0.3) is 0 Å². The first-order valence-electron chi connectivity index (χ1n) is 13.8. The summed E-state index contributed by atoms with van der Waals surface area (Å²) in [5, 5.41) is 11.6. The number of unbranched alkanes of at least 4 members (excludes halogenated alkanes) is 11. The summed E-state index contributed by atoms with van der Waals surface area (Å²) in [6, 6.07) is -0.0449. The average molecular weight is 499 g/mol. The van der Waals surface area contributed by atoms with E-state index in [1.165, 1.54) is 44.9 Å². The number of carboxylic acid groups (broad SMARTS) is 1. The molecule has 1 unspecified atom stereocenters. The summed E-state index contributed by atoms with van der Waals surface area (Å²) in [5.41, 5.74) is 0. The first-order chi connectivity index (χ1) is 17.0. The Balaban J connectivity index is 1.88. The molecule has 204 valence electrons. The number of methoxy groups -OCH3 is 2. The predicted molar refractivity (Wildman–Crippen MR) is 140 cm³/mol. The number of aliphatic carboxylic acids is 1. The van der Waals surface area contributed by atoms with Crippen LogP contribution in [0, 0.1) is 0 Å². The first-order valence-corrected chi connectivity index (χ1v) is 13.8. The van der Waals surface area contributed by atoms with Gasteiger partial charge in [0.2, 0.25) is 5.91 Å². The van der Waals surface area contributed by atoms with Gasteiger partial charge >= 0.3 is 5.97 Å². The molecular formula is C26H50BNO7. The Morgan fingerprint density at radius 1 is 0.829 bits per heavy atom. The van der Waals surface area contributed by atoms with Gasteiger partial charge in [-0.05, 0) is 19.3 Å². The highest BCUT2D eigenvalue weighted by atomic mass is 16.6. The Morgan fingerprint density at radius 3 is 1.89 bits per heavy atom. The van der Waals surface area contributed by atoms with Crippen LogP contribution in [-0.4, -0.2) is 83.1 Å². The molecule has 0 radical (unpaired) electrons. The van der Waals surface area contributed by atoms with Gasteiger partial charge in [-0.25, -0.2) is 0 Å². The second-order valence-electron chi connectivity index (χ2n) is 9.71. The van der Waals surface area contributed by atoms with Gasteiger partial charge in [0.05, 0.1) is 12.6 Å². The van der Waals surface area contributed by atoms with Gasteiger partial charge in [-0.2, -0.15) is 0 Å². The topological polar surface area (TPSA) is 103 Å². The molecule has 1 rings (SSSR count). The number of amides is 1. The van der Waals surface area contributed by atoms with E-state index in [9.17, 15) is 9.59 Å². The lowest BCUT2D eigenvalue weighted by atomic mass is 9.93. The number of carboxylic acids is 1. The molecule has 0 aromatic rings. The number of carbonyl (C=O) groups excluding carboxylic acids is 1. The van der Waals surface area contributed by atoms with Crippen LogP contribution in [0.4, 0.5) is 0 Å². The molecule has 0 bridgehead atoms. The highest BCUT2D eigenvalue weighted by molar-refractivity contribution is 6.11. The van der Waals surface area contributed by atoms with Crippen LogP contribution in [0.1, 0.15) is 96.3 Å². The number of hydrogen-bond acceptors (Lipinski definition) is 6. The van der Waals surface area contributed by atoms with Crippen LogP contribution in [0.5, 0.6) is 0 Å². The van der Waals surface area contributed by atoms with Gasteiger partial charge in [-0.3, -0.25) is 9.59 Å². The van der Waals surface area contributed by atoms with Crippen molar-refractivity contribution in [3.63, 3.8) is 0 Å². The minimum Gasteiger partial charge on any atom is -0.481 e. The van der Waals surface area contributed by atoms with Gasteiger partial charge in [0.15, 0.2) is 0 Å². The largest absolute Gasteiger partial charge is 0.481 e. The minimum atomic E-state index is -0.685. The molecule has 8 nitrogen and oxygen atoms in total. The molecule has 0 spiro atoms. The summed E-state index contributed by atoms with van der Waals surface area (Å²) in [4.78, 5) is 22.5. The van der Waals surface area contributed by atoms with E-state index in [1.807, 2.05) is 7.85 Å². The molecule has 4 atom stereocenters. The van der Waals surface area contributed by atoms with Crippen molar-refractivity contribution in [2.24, 2.45) is 0 Å². The molecule has 1 amide bonds. The van der Waals surface area contributed by atoms with Crippen LogP contribution in [-0.2, 0) is 28.5 Å². The quantitative estimate of drug-likeness (QED) is 0.164. The van der Waals surface area contributed by atoms with Gasteiger partial charge in [0, 0.05) is 40.2 Å². The normalized spacial score (nSPS) is 21.9. The summed E-state index contributed by atoms with van der Waals surface area (Å²) < 4.78 is 22.6. The second kappa shape index (κ2) is 21.0. The van der Waals surface area contributed by atoms with Gasteiger partial charge in [-0.1, -0.05) is 64.2 Å². The summed E-state index contributed by atoms with van der Waals surface area (Å²) in [6.45, 7) is 1.67. The second-order valence-corrected chi connectivity index (χ2v) is 9.71. The number of rotatable bonds is 23. The predicted octanol–water partition coefficient (Wildman–Crippen LogP) is 3.44. The van der Waals surface area contributed by atoms with Crippen LogP contribution >= 0.6 is 0 Å². The summed E-state index contributed by atoms with van der Waals surface area (Å²) in [5.74, 6) is -0.559. The highest BCUT2D eigenvalue weighted by Crippen LogP contribution is 2.25. The van der Waals surface area contributed by atoms with Gasteiger partial charge < -0.3 is 29.4 Å². The Morgan fingerprint density at radius 2 is 1.37 bits per heavy atom. The average Bonchev–Trinajstić information content (AvgIpc) is 3.12. The maximum Gasteiger partial charge on any atom is 0.303 e. The zero-order valence-corrected chi connectivity index (χ0v) is 22.4. The molecule has 1 heterocycles. The molecule has 2 N–H and O–H groups in total. The Kier molecular flexibility index (Phi) is 19.1. The molecule has 1 aliphatic heterocycles. The maximum atomic E-state index is 12.0. The van der Waals surface area contributed by atoms with Crippen LogP contribution < -0.4 is 5.32 Å². The van der Waals surface area contributed by atoms with E-state index in [4.69, 9.17) is 24.1 Å². The Bertz CT molecular complexity index is 552. The SMILES string of the molecule is B[C@@H]1O[C@H](COC)C(OC)[C@@H]1OCCCNC(=O)CCCCCCCCCCCCCCC(=O)O. The molecule has 0 aromatic heterocycles. The third-order valence-corrected chi connectivity index (χ3v) is 6.64.